The van der Waals surface area contributed by atoms with Crippen molar-refractivity contribution < 1.29 is 19.5 Å². The number of benzene rings is 1. The fraction of sp³-hybridized carbons (Fsp3) is 0.308. The number of hydrogen-bond donors (Lipinski definition) is 1. The number of carbonyl (C=O) groups excluding carboxylic acids is 2. The van der Waals surface area contributed by atoms with E-state index in [9.17, 15) is 14.4 Å². The van der Waals surface area contributed by atoms with Gasteiger partial charge in [-0.3, -0.25) is 19.4 Å². The van der Waals surface area contributed by atoms with Gasteiger partial charge in [0.05, 0.1) is 5.92 Å². The first-order valence-electron chi connectivity index (χ1n) is 5.84. The lowest BCUT2D eigenvalue weighted by molar-refractivity contribution is -0.140. The summed E-state index contributed by atoms with van der Waals surface area (Å²) >= 11 is 0. The maximum atomic E-state index is 12.2. The molecule has 1 fully saturated rings. The van der Waals surface area contributed by atoms with Crippen molar-refractivity contribution in [3.8, 4) is 0 Å². The molecule has 6 heteroatoms. The number of imide groups is 1. The van der Waals surface area contributed by atoms with Crippen molar-refractivity contribution in [2.75, 3.05) is 13.7 Å². The van der Waals surface area contributed by atoms with E-state index in [-0.39, 0.29) is 24.9 Å². The van der Waals surface area contributed by atoms with E-state index in [0.29, 0.717) is 0 Å². The standard InChI is InChI=1S/C13H14N2O4/c1-14(13(18)19)8-15-11(16)7-10(12(15)17)9-5-3-2-4-6-9/h2-6,10H,7-8H2,1H3,(H,18,19). The van der Waals surface area contributed by atoms with Crippen LogP contribution < -0.4 is 0 Å². The Hall–Kier alpha value is -2.37. The first kappa shape index (κ1) is 13.1. The highest BCUT2D eigenvalue weighted by molar-refractivity contribution is 6.06. The van der Waals surface area contributed by atoms with Crippen LogP contribution in [-0.4, -0.2) is 46.5 Å². The van der Waals surface area contributed by atoms with Crippen LogP contribution in [0.25, 0.3) is 0 Å². The highest BCUT2D eigenvalue weighted by atomic mass is 16.4. The fourth-order valence-corrected chi connectivity index (χ4v) is 2.05. The molecule has 3 amide bonds. The molecule has 1 heterocycles. The number of amides is 3. The molecule has 0 bridgehead atoms. The molecule has 1 aliphatic rings. The van der Waals surface area contributed by atoms with Crippen molar-refractivity contribution in [3.63, 3.8) is 0 Å². The zero-order valence-electron chi connectivity index (χ0n) is 10.4. The molecule has 1 N–H and O–H groups in total. The molecule has 1 saturated heterocycles. The van der Waals surface area contributed by atoms with Crippen LogP contribution in [0.3, 0.4) is 0 Å². The Bertz CT molecular complexity index is 515. The van der Waals surface area contributed by atoms with Crippen LogP contribution >= 0.6 is 0 Å². The van der Waals surface area contributed by atoms with E-state index >= 15 is 0 Å². The predicted octanol–water partition coefficient (Wildman–Crippen LogP) is 1.10. The monoisotopic (exact) mass is 262 g/mol. The van der Waals surface area contributed by atoms with E-state index in [2.05, 4.69) is 0 Å². The maximum absolute atomic E-state index is 12.2. The molecular formula is C13H14N2O4. The van der Waals surface area contributed by atoms with Crippen molar-refractivity contribution in [1.82, 2.24) is 9.80 Å². The Kier molecular flexibility index (Phi) is 3.50. The molecule has 1 aromatic rings. The molecule has 2 rings (SSSR count). The number of carboxylic acid groups (broad SMARTS) is 1. The zero-order valence-corrected chi connectivity index (χ0v) is 10.4. The minimum absolute atomic E-state index is 0.0936. The Labute approximate surface area is 110 Å². The van der Waals surface area contributed by atoms with Gasteiger partial charge in [0.25, 0.3) is 0 Å². The fourth-order valence-electron chi connectivity index (χ4n) is 2.05. The molecule has 19 heavy (non-hydrogen) atoms. The Morgan fingerprint density at radius 3 is 2.58 bits per heavy atom. The summed E-state index contributed by atoms with van der Waals surface area (Å²) in [5, 5.41) is 8.77. The first-order chi connectivity index (χ1) is 9.00. The second-order valence-electron chi connectivity index (χ2n) is 4.45. The maximum Gasteiger partial charge on any atom is 0.408 e. The first-order valence-corrected chi connectivity index (χ1v) is 5.84. The number of rotatable bonds is 3. The Balaban J connectivity index is 2.15. The smallest absolute Gasteiger partial charge is 0.408 e. The van der Waals surface area contributed by atoms with Gasteiger partial charge in [0.2, 0.25) is 11.8 Å². The van der Waals surface area contributed by atoms with Gasteiger partial charge in [-0.2, -0.15) is 0 Å². The second-order valence-corrected chi connectivity index (χ2v) is 4.45. The van der Waals surface area contributed by atoms with Crippen molar-refractivity contribution in [2.24, 2.45) is 0 Å². The summed E-state index contributed by atoms with van der Waals surface area (Å²) in [5.74, 6) is -1.19. The molecule has 1 aliphatic heterocycles. The SMILES string of the molecule is CN(CN1C(=O)CC(c2ccccc2)C1=O)C(=O)O. The van der Waals surface area contributed by atoms with Crippen LogP contribution in [0.2, 0.25) is 0 Å². The minimum Gasteiger partial charge on any atom is -0.465 e. The molecule has 1 aromatic carbocycles. The zero-order chi connectivity index (χ0) is 14.0. The Morgan fingerprint density at radius 2 is 2.00 bits per heavy atom. The largest absolute Gasteiger partial charge is 0.465 e. The number of likely N-dealkylation sites (tertiary alicyclic amines) is 1. The van der Waals surface area contributed by atoms with Crippen molar-refractivity contribution in [2.45, 2.75) is 12.3 Å². The van der Waals surface area contributed by atoms with E-state index in [1.54, 1.807) is 24.3 Å². The molecule has 0 aromatic heterocycles. The second kappa shape index (κ2) is 5.09. The number of carbonyl (C=O) groups is 3. The molecule has 6 nitrogen and oxygen atoms in total. The summed E-state index contributed by atoms with van der Waals surface area (Å²) in [6, 6.07) is 9.03. The minimum atomic E-state index is -1.18. The van der Waals surface area contributed by atoms with Gasteiger partial charge in [-0.1, -0.05) is 30.3 Å². The molecule has 0 saturated carbocycles. The Morgan fingerprint density at radius 1 is 1.37 bits per heavy atom. The third-order valence-corrected chi connectivity index (χ3v) is 3.13. The van der Waals surface area contributed by atoms with Crippen LogP contribution in [0.4, 0.5) is 4.79 Å². The normalized spacial score (nSPS) is 18.8. The molecule has 100 valence electrons. The van der Waals surface area contributed by atoms with Gasteiger partial charge in [0, 0.05) is 13.5 Å². The highest BCUT2D eigenvalue weighted by Gasteiger charge is 2.40. The van der Waals surface area contributed by atoms with Crippen molar-refractivity contribution in [1.29, 1.82) is 0 Å². The van der Waals surface area contributed by atoms with E-state index < -0.39 is 12.0 Å². The molecule has 1 atom stereocenters. The van der Waals surface area contributed by atoms with E-state index in [1.807, 2.05) is 6.07 Å². The van der Waals surface area contributed by atoms with Gasteiger partial charge in [-0.25, -0.2) is 4.79 Å². The van der Waals surface area contributed by atoms with Gasteiger partial charge >= 0.3 is 6.09 Å². The predicted molar refractivity (Wildman–Crippen MR) is 66.3 cm³/mol. The lowest BCUT2D eigenvalue weighted by atomic mass is 9.98. The summed E-state index contributed by atoms with van der Waals surface area (Å²) in [6.45, 7) is -0.226. The third-order valence-electron chi connectivity index (χ3n) is 3.13. The summed E-state index contributed by atoms with van der Waals surface area (Å²) < 4.78 is 0. The van der Waals surface area contributed by atoms with Gasteiger partial charge in [0.15, 0.2) is 0 Å². The van der Waals surface area contributed by atoms with Gasteiger partial charge < -0.3 is 5.11 Å². The quantitative estimate of drug-likeness (QED) is 0.827. The van der Waals surface area contributed by atoms with E-state index in [4.69, 9.17) is 5.11 Å². The third kappa shape index (κ3) is 2.57. The highest BCUT2D eigenvalue weighted by Crippen LogP contribution is 2.29. The average Bonchev–Trinajstić information content (AvgIpc) is 2.67. The molecule has 1 unspecified atom stereocenters. The van der Waals surface area contributed by atoms with E-state index in [0.717, 1.165) is 15.4 Å². The lowest BCUT2D eigenvalue weighted by Gasteiger charge is -2.20. The van der Waals surface area contributed by atoms with Gasteiger partial charge in [-0.05, 0) is 5.56 Å². The van der Waals surface area contributed by atoms with Gasteiger partial charge in [-0.15, -0.1) is 0 Å². The van der Waals surface area contributed by atoms with Crippen LogP contribution in [0.1, 0.15) is 17.9 Å². The van der Waals surface area contributed by atoms with Crippen LogP contribution in [-0.2, 0) is 9.59 Å². The lowest BCUT2D eigenvalue weighted by Crippen LogP contribution is -2.41. The summed E-state index contributed by atoms with van der Waals surface area (Å²) in [5.41, 5.74) is 0.779. The summed E-state index contributed by atoms with van der Waals surface area (Å²) in [7, 11) is 1.32. The molecule has 0 spiro atoms. The number of nitrogens with zero attached hydrogens (tertiary/aromatic N) is 2. The van der Waals surface area contributed by atoms with Crippen LogP contribution in [0.15, 0.2) is 30.3 Å². The molecular weight excluding hydrogens is 248 g/mol. The molecule has 0 radical (unpaired) electrons. The topological polar surface area (TPSA) is 77.9 Å². The average molecular weight is 262 g/mol. The summed E-state index contributed by atoms with van der Waals surface area (Å²) in [4.78, 5) is 36.6. The van der Waals surface area contributed by atoms with Gasteiger partial charge in [0.1, 0.15) is 6.67 Å². The summed E-state index contributed by atoms with van der Waals surface area (Å²) in [6.07, 6.45) is -1.08. The van der Waals surface area contributed by atoms with E-state index in [1.165, 1.54) is 7.05 Å². The van der Waals surface area contributed by atoms with Crippen LogP contribution in [0.5, 0.6) is 0 Å². The van der Waals surface area contributed by atoms with Crippen molar-refractivity contribution >= 4 is 17.9 Å². The number of hydrogen-bond acceptors (Lipinski definition) is 3. The van der Waals surface area contributed by atoms with Crippen molar-refractivity contribution in [3.05, 3.63) is 35.9 Å². The van der Waals surface area contributed by atoms with Crippen LogP contribution in [0, 0.1) is 0 Å². The molecule has 0 aliphatic carbocycles.